The van der Waals surface area contributed by atoms with Gasteiger partial charge in [0.25, 0.3) is 0 Å². The van der Waals surface area contributed by atoms with Gasteiger partial charge in [0.15, 0.2) is 5.12 Å². The predicted molar refractivity (Wildman–Crippen MR) is 70.2 cm³/mol. The van der Waals surface area contributed by atoms with Crippen molar-refractivity contribution in [1.29, 1.82) is 0 Å². The Balaban J connectivity index is 2.62. The summed E-state index contributed by atoms with van der Waals surface area (Å²) < 4.78 is 37.1. The largest absolute Gasteiger partial charge is 0.416 e. The molecule has 2 unspecified atom stereocenters. The highest BCUT2D eigenvalue weighted by Gasteiger charge is 2.30. The van der Waals surface area contributed by atoms with E-state index in [-0.39, 0.29) is 17.1 Å². The van der Waals surface area contributed by atoms with Crippen LogP contribution in [-0.2, 0) is 11.0 Å². The SMILES string of the molecule is CC(=O)SCCC(O)C(O)c1ccc(C(F)(F)F)cc1. The molecule has 112 valence electrons. The van der Waals surface area contributed by atoms with Gasteiger partial charge in [-0.15, -0.1) is 0 Å². The highest BCUT2D eigenvalue weighted by Crippen LogP contribution is 2.30. The molecule has 20 heavy (non-hydrogen) atoms. The number of thioether (sulfide) groups is 1. The number of halogens is 3. The Bertz CT molecular complexity index is 445. The van der Waals surface area contributed by atoms with Crippen LogP contribution in [0.3, 0.4) is 0 Å². The molecule has 0 aliphatic heterocycles. The van der Waals surface area contributed by atoms with Crippen LogP contribution in [0.4, 0.5) is 13.2 Å². The van der Waals surface area contributed by atoms with Gasteiger partial charge in [-0.2, -0.15) is 13.2 Å². The molecule has 0 aromatic heterocycles. The molecule has 0 aliphatic rings. The fourth-order valence-corrected chi connectivity index (χ4v) is 2.22. The standard InChI is InChI=1S/C13H15F3O3S/c1-8(17)20-7-6-11(18)12(19)9-2-4-10(5-3-9)13(14,15)16/h2-5,11-12,18-19H,6-7H2,1H3. The number of alkyl halides is 3. The molecular formula is C13H15F3O3S. The van der Waals surface area contributed by atoms with Gasteiger partial charge in [0, 0.05) is 12.7 Å². The molecule has 7 heteroatoms. The number of carbonyl (C=O) groups excluding carboxylic acids is 1. The van der Waals surface area contributed by atoms with Crippen LogP contribution in [0.1, 0.15) is 30.6 Å². The van der Waals surface area contributed by atoms with Crippen molar-refractivity contribution in [2.45, 2.75) is 31.7 Å². The second-order valence-electron chi connectivity index (χ2n) is 4.26. The summed E-state index contributed by atoms with van der Waals surface area (Å²) in [6, 6.07) is 3.98. The maximum absolute atomic E-state index is 12.4. The lowest BCUT2D eigenvalue weighted by Gasteiger charge is -2.18. The molecular weight excluding hydrogens is 293 g/mol. The topological polar surface area (TPSA) is 57.5 Å². The van der Waals surface area contributed by atoms with Crippen LogP contribution in [-0.4, -0.2) is 27.2 Å². The van der Waals surface area contributed by atoms with E-state index in [9.17, 15) is 28.2 Å². The van der Waals surface area contributed by atoms with Crippen LogP contribution in [0.2, 0.25) is 0 Å². The summed E-state index contributed by atoms with van der Waals surface area (Å²) in [5.74, 6) is 0.341. The Hall–Kier alpha value is -1.05. The first-order valence-electron chi connectivity index (χ1n) is 5.88. The normalized spacial score (nSPS) is 14.9. The number of aliphatic hydroxyl groups is 2. The van der Waals surface area contributed by atoms with E-state index in [0.717, 1.165) is 36.0 Å². The van der Waals surface area contributed by atoms with Crippen LogP contribution >= 0.6 is 11.8 Å². The van der Waals surface area contributed by atoms with E-state index in [4.69, 9.17) is 0 Å². The lowest BCUT2D eigenvalue weighted by atomic mass is 10.0. The van der Waals surface area contributed by atoms with E-state index < -0.39 is 23.9 Å². The molecule has 3 nitrogen and oxygen atoms in total. The van der Waals surface area contributed by atoms with Crippen LogP contribution in [0.25, 0.3) is 0 Å². The van der Waals surface area contributed by atoms with Crippen LogP contribution in [0.5, 0.6) is 0 Å². The molecule has 0 heterocycles. The summed E-state index contributed by atoms with van der Waals surface area (Å²) in [5.41, 5.74) is -0.603. The average Bonchev–Trinajstić information content (AvgIpc) is 2.36. The van der Waals surface area contributed by atoms with E-state index in [2.05, 4.69) is 0 Å². The number of benzene rings is 1. The first-order chi connectivity index (χ1) is 9.21. The van der Waals surface area contributed by atoms with Crippen LogP contribution in [0, 0.1) is 0 Å². The minimum atomic E-state index is -4.43. The van der Waals surface area contributed by atoms with Crippen molar-refractivity contribution in [1.82, 2.24) is 0 Å². The van der Waals surface area contributed by atoms with E-state index in [1.807, 2.05) is 0 Å². The third kappa shape index (κ3) is 5.15. The summed E-state index contributed by atoms with van der Waals surface area (Å²) in [4.78, 5) is 10.7. The summed E-state index contributed by atoms with van der Waals surface area (Å²) >= 11 is 1.02. The highest BCUT2D eigenvalue weighted by molar-refractivity contribution is 8.13. The lowest BCUT2D eigenvalue weighted by molar-refractivity contribution is -0.137. The van der Waals surface area contributed by atoms with Crippen LogP contribution < -0.4 is 0 Å². The quantitative estimate of drug-likeness (QED) is 0.878. The maximum Gasteiger partial charge on any atom is 0.416 e. The zero-order valence-electron chi connectivity index (χ0n) is 10.7. The maximum atomic E-state index is 12.4. The van der Waals surface area contributed by atoms with Crippen molar-refractivity contribution in [2.24, 2.45) is 0 Å². The van der Waals surface area contributed by atoms with Gasteiger partial charge in [-0.25, -0.2) is 0 Å². The molecule has 0 fully saturated rings. The lowest BCUT2D eigenvalue weighted by Crippen LogP contribution is -2.19. The Morgan fingerprint density at radius 2 is 1.80 bits per heavy atom. The van der Waals surface area contributed by atoms with E-state index >= 15 is 0 Å². The van der Waals surface area contributed by atoms with Crippen LogP contribution in [0.15, 0.2) is 24.3 Å². The zero-order valence-corrected chi connectivity index (χ0v) is 11.5. The number of rotatable bonds is 5. The molecule has 0 saturated heterocycles. The average molecular weight is 308 g/mol. The molecule has 2 atom stereocenters. The molecule has 0 saturated carbocycles. The van der Waals surface area contributed by atoms with Gasteiger partial charge in [0.2, 0.25) is 0 Å². The Morgan fingerprint density at radius 1 is 1.25 bits per heavy atom. The molecule has 0 amide bonds. The molecule has 0 aliphatic carbocycles. The van der Waals surface area contributed by atoms with E-state index in [1.165, 1.54) is 6.92 Å². The van der Waals surface area contributed by atoms with Gasteiger partial charge < -0.3 is 10.2 Å². The monoisotopic (exact) mass is 308 g/mol. The minimum absolute atomic E-state index is 0.0961. The Kier molecular flexibility index (Phi) is 6.04. The predicted octanol–water partition coefficient (Wildman–Crippen LogP) is 2.77. The minimum Gasteiger partial charge on any atom is -0.390 e. The van der Waals surface area contributed by atoms with E-state index in [1.54, 1.807) is 0 Å². The van der Waals surface area contributed by atoms with Crippen molar-refractivity contribution in [3.63, 3.8) is 0 Å². The molecule has 2 N–H and O–H groups in total. The third-order valence-electron chi connectivity index (χ3n) is 2.66. The number of hydrogen-bond donors (Lipinski definition) is 2. The summed E-state index contributed by atoms with van der Waals surface area (Å²) in [6.45, 7) is 1.39. The first kappa shape index (κ1) is 17.0. The first-order valence-corrected chi connectivity index (χ1v) is 6.87. The molecule has 0 spiro atoms. The number of hydrogen-bond acceptors (Lipinski definition) is 4. The van der Waals surface area contributed by atoms with Gasteiger partial charge in [-0.1, -0.05) is 23.9 Å². The molecule has 1 aromatic carbocycles. The summed E-state index contributed by atoms with van der Waals surface area (Å²) in [7, 11) is 0. The summed E-state index contributed by atoms with van der Waals surface area (Å²) in [5, 5.41) is 19.4. The van der Waals surface area contributed by atoms with Crippen molar-refractivity contribution in [3.05, 3.63) is 35.4 Å². The Morgan fingerprint density at radius 3 is 2.25 bits per heavy atom. The Labute approximate surface area is 118 Å². The number of aliphatic hydroxyl groups excluding tert-OH is 2. The van der Waals surface area contributed by atoms with E-state index in [0.29, 0.717) is 5.75 Å². The van der Waals surface area contributed by atoms with Gasteiger partial charge in [0.05, 0.1) is 11.7 Å². The molecule has 0 radical (unpaired) electrons. The zero-order chi connectivity index (χ0) is 15.3. The second kappa shape index (κ2) is 7.10. The summed E-state index contributed by atoms with van der Waals surface area (Å²) in [6.07, 6.45) is -6.66. The smallest absolute Gasteiger partial charge is 0.390 e. The second-order valence-corrected chi connectivity index (χ2v) is 5.53. The van der Waals surface area contributed by atoms with Crippen molar-refractivity contribution >= 4 is 16.9 Å². The molecule has 1 aromatic rings. The van der Waals surface area contributed by atoms with Crippen molar-refractivity contribution < 1.29 is 28.2 Å². The van der Waals surface area contributed by atoms with Gasteiger partial charge in [0.1, 0.15) is 6.10 Å². The number of carbonyl (C=O) groups is 1. The molecule has 0 bridgehead atoms. The van der Waals surface area contributed by atoms with Crippen molar-refractivity contribution in [2.75, 3.05) is 5.75 Å². The highest BCUT2D eigenvalue weighted by atomic mass is 32.2. The van der Waals surface area contributed by atoms with Gasteiger partial charge in [-0.3, -0.25) is 4.79 Å². The van der Waals surface area contributed by atoms with Crippen molar-refractivity contribution in [3.8, 4) is 0 Å². The molecule has 1 rings (SSSR count). The fourth-order valence-electron chi connectivity index (χ4n) is 1.57. The fraction of sp³-hybridized carbons (Fsp3) is 0.462. The van der Waals surface area contributed by atoms with Gasteiger partial charge in [-0.05, 0) is 24.1 Å². The third-order valence-corrected chi connectivity index (χ3v) is 3.51. The van der Waals surface area contributed by atoms with Gasteiger partial charge >= 0.3 is 6.18 Å².